The van der Waals surface area contributed by atoms with E-state index in [1.54, 1.807) is 6.33 Å². The Labute approximate surface area is 108 Å². The Balaban J connectivity index is 2.12. The number of anilines is 1. The van der Waals surface area contributed by atoms with Crippen LogP contribution in [0.1, 0.15) is 38.2 Å². The topological polar surface area (TPSA) is 29.0 Å². The molecule has 1 aromatic rings. The number of nitrogens with zero attached hydrogens (tertiary/aromatic N) is 3. The van der Waals surface area contributed by atoms with Gasteiger partial charge in [-0.05, 0) is 25.2 Å². The molecule has 4 heteroatoms. The maximum atomic E-state index is 6.11. The van der Waals surface area contributed by atoms with Gasteiger partial charge in [-0.3, -0.25) is 0 Å². The van der Waals surface area contributed by atoms with E-state index in [0.717, 1.165) is 30.3 Å². The molecular weight excluding hydrogens is 234 g/mol. The van der Waals surface area contributed by atoms with Crippen molar-refractivity contribution < 1.29 is 0 Å². The third-order valence-corrected chi connectivity index (χ3v) is 3.92. The molecular formula is C13H20ClN3. The van der Waals surface area contributed by atoms with Crippen LogP contribution in [0.5, 0.6) is 0 Å². The zero-order valence-electron chi connectivity index (χ0n) is 10.6. The SMILES string of the molecule is CCc1c(Cl)ncnc1N(C)CC1CCCC1. The van der Waals surface area contributed by atoms with E-state index in [2.05, 4.69) is 28.8 Å². The molecule has 3 nitrogen and oxygen atoms in total. The fourth-order valence-corrected chi connectivity index (χ4v) is 2.94. The smallest absolute Gasteiger partial charge is 0.137 e. The number of rotatable bonds is 4. The van der Waals surface area contributed by atoms with Crippen LogP contribution >= 0.6 is 11.6 Å². The van der Waals surface area contributed by atoms with E-state index in [-0.39, 0.29) is 0 Å². The van der Waals surface area contributed by atoms with Gasteiger partial charge in [0.2, 0.25) is 0 Å². The summed E-state index contributed by atoms with van der Waals surface area (Å²) in [5.41, 5.74) is 1.06. The standard InChI is InChI=1S/C13H20ClN3/c1-3-11-12(14)15-9-16-13(11)17(2)8-10-6-4-5-7-10/h9-10H,3-8H2,1-2H3. The van der Waals surface area contributed by atoms with Crippen LogP contribution in [0.3, 0.4) is 0 Å². The Hall–Kier alpha value is -0.830. The molecule has 1 aromatic heterocycles. The minimum Gasteiger partial charge on any atom is -0.359 e. The van der Waals surface area contributed by atoms with Crippen molar-refractivity contribution in [3.8, 4) is 0 Å². The molecule has 0 aliphatic heterocycles. The Bertz CT molecular complexity index is 375. The normalized spacial score (nSPS) is 16.4. The lowest BCUT2D eigenvalue weighted by Gasteiger charge is -2.24. The zero-order valence-corrected chi connectivity index (χ0v) is 11.4. The van der Waals surface area contributed by atoms with Crippen molar-refractivity contribution in [3.63, 3.8) is 0 Å². The quantitative estimate of drug-likeness (QED) is 0.771. The van der Waals surface area contributed by atoms with Gasteiger partial charge in [0.05, 0.1) is 0 Å². The van der Waals surface area contributed by atoms with Gasteiger partial charge in [-0.2, -0.15) is 0 Å². The lowest BCUT2D eigenvalue weighted by atomic mass is 10.1. The monoisotopic (exact) mass is 253 g/mol. The average Bonchev–Trinajstić information content (AvgIpc) is 2.81. The Morgan fingerprint density at radius 2 is 2.06 bits per heavy atom. The van der Waals surface area contributed by atoms with Crippen LogP contribution in [0.2, 0.25) is 5.15 Å². The maximum Gasteiger partial charge on any atom is 0.137 e. The van der Waals surface area contributed by atoms with Crippen molar-refractivity contribution in [2.45, 2.75) is 39.0 Å². The van der Waals surface area contributed by atoms with E-state index in [1.807, 2.05) is 0 Å². The van der Waals surface area contributed by atoms with Crippen LogP contribution in [-0.2, 0) is 6.42 Å². The number of hydrogen-bond acceptors (Lipinski definition) is 3. The van der Waals surface area contributed by atoms with Gasteiger partial charge in [-0.1, -0.05) is 31.4 Å². The highest BCUT2D eigenvalue weighted by Crippen LogP contribution is 2.28. The summed E-state index contributed by atoms with van der Waals surface area (Å²) in [5, 5.41) is 0.593. The van der Waals surface area contributed by atoms with Crippen LogP contribution in [0.25, 0.3) is 0 Å². The van der Waals surface area contributed by atoms with Gasteiger partial charge in [0.15, 0.2) is 0 Å². The van der Waals surface area contributed by atoms with Crippen LogP contribution in [0.4, 0.5) is 5.82 Å². The lowest BCUT2D eigenvalue weighted by Crippen LogP contribution is -2.26. The molecule has 1 fully saturated rings. The largest absolute Gasteiger partial charge is 0.359 e. The fraction of sp³-hybridized carbons (Fsp3) is 0.692. The zero-order chi connectivity index (χ0) is 12.3. The summed E-state index contributed by atoms with van der Waals surface area (Å²) in [6.07, 6.45) is 7.90. The van der Waals surface area contributed by atoms with Gasteiger partial charge in [-0.25, -0.2) is 9.97 Å². The lowest BCUT2D eigenvalue weighted by molar-refractivity contribution is 0.544. The Morgan fingerprint density at radius 1 is 1.35 bits per heavy atom. The molecule has 1 aliphatic rings. The van der Waals surface area contributed by atoms with E-state index in [4.69, 9.17) is 11.6 Å². The minimum atomic E-state index is 0.593. The van der Waals surface area contributed by atoms with Gasteiger partial charge in [0, 0.05) is 19.2 Å². The highest BCUT2D eigenvalue weighted by Gasteiger charge is 2.19. The van der Waals surface area contributed by atoms with E-state index in [9.17, 15) is 0 Å². The molecule has 1 heterocycles. The molecule has 94 valence electrons. The first-order valence-electron chi connectivity index (χ1n) is 6.43. The van der Waals surface area contributed by atoms with Gasteiger partial charge >= 0.3 is 0 Å². The third-order valence-electron chi connectivity index (χ3n) is 3.59. The summed E-state index contributed by atoms with van der Waals surface area (Å²) in [7, 11) is 2.11. The minimum absolute atomic E-state index is 0.593. The first-order valence-corrected chi connectivity index (χ1v) is 6.80. The van der Waals surface area contributed by atoms with Crippen LogP contribution in [0, 0.1) is 5.92 Å². The average molecular weight is 254 g/mol. The summed E-state index contributed by atoms with van der Waals surface area (Å²) >= 11 is 6.11. The summed E-state index contributed by atoms with van der Waals surface area (Å²) in [5.74, 6) is 1.82. The van der Waals surface area contributed by atoms with E-state index in [1.165, 1.54) is 25.7 Å². The predicted molar refractivity (Wildman–Crippen MR) is 71.6 cm³/mol. The molecule has 0 radical (unpaired) electrons. The van der Waals surface area contributed by atoms with Crippen LogP contribution in [0.15, 0.2) is 6.33 Å². The molecule has 0 bridgehead atoms. The summed E-state index contributed by atoms with van der Waals surface area (Å²) in [6, 6.07) is 0. The van der Waals surface area contributed by atoms with Crippen molar-refractivity contribution in [2.24, 2.45) is 5.92 Å². The fourth-order valence-electron chi connectivity index (χ4n) is 2.68. The van der Waals surface area contributed by atoms with Crippen molar-refractivity contribution in [1.82, 2.24) is 9.97 Å². The van der Waals surface area contributed by atoms with Crippen molar-refractivity contribution >= 4 is 17.4 Å². The van der Waals surface area contributed by atoms with Crippen LogP contribution in [-0.4, -0.2) is 23.6 Å². The molecule has 0 saturated heterocycles. The first kappa shape index (κ1) is 12.6. The van der Waals surface area contributed by atoms with Crippen LogP contribution < -0.4 is 4.90 Å². The molecule has 17 heavy (non-hydrogen) atoms. The van der Waals surface area contributed by atoms with Gasteiger partial charge in [0.1, 0.15) is 17.3 Å². The third kappa shape index (κ3) is 2.89. The molecule has 0 atom stereocenters. The summed E-state index contributed by atoms with van der Waals surface area (Å²) in [6.45, 7) is 3.18. The highest BCUT2D eigenvalue weighted by molar-refractivity contribution is 6.30. The maximum absolute atomic E-state index is 6.11. The van der Waals surface area contributed by atoms with Crippen molar-refractivity contribution in [3.05, 3.63) is 17.0 Å². The molecule has 2 rings (SSSR count). The number of aromatic nitrogens is 2. The molecule has 0 spiro atoms. The molecule has 1 aliphatic carbocycles. The number of hydrogen-bond donors (Lipinski definition) is 0. The summed E-state index contributed by atoms with van der Waals surface area (Å²) in [4.78, 5) is 10.7. The van der Waals surface area contributed by atoms with Gasteiger partial charge in [0.25, 0.3) is 0 Å². The Kier molecular flexibility index (Phi) is 4.21. The second kappa shape index (κ2) is 5.67. The van der Waals surface area contributed by atoms with Crippen molar-refractivity contribution in [1.29, 1.82) is 0 Å². The van der Waals surface area contributed by atoms with Gasteiger partial charge in [-0.15, -0.1) is 0 Å². The number of halogens is 1. The second-order valence-electron chi connectivity index (χ2n) is 4.85. The van der Waals surface area contributed by atoms with E-state index >= 15 is 0 Å². The molecule has 0 N–H and O–H groups in total. The van der Waals surface area contributed by atoms with E-state index in [0.29, 0.717) is 5.15 Å². The van der Waals surface area contributed by atoms with E-state index < -0.39 is 0 Å². The molecule has 0 amide bonds. The molecule has 0 unspecified atom stereocenters. The first-order chi connectivity index (χ1) is 8.22. The molecule has 0 aromatic carbocycles. The summed E-state index contributed by atoms with van der Waals surface area (Å²) < 4.78 is 0. The van der Waals surface area contributed by atoms with Gasteiger partial charge < -0.3 is 4.90 Å². The highest BCUT2D eigenvalue weighted by atomic mass is 35.5. The Morgan fingerprint density at radius 3 is 2.71 bits per heavy atom. The second-order valence-corrected chi connectivity index (χ2v) is 5.21. The molecule has 1 saturated carbocycles. The van der Waals surface area contributed by atoms with Crippen molar-refractivity contribution in [2.75, 3.05) is 18.5 Å². The predicted octanol–water partition coefficient (Wildman–Crippen LogP) is 3.32.